The maximum absolute atomic E-state index is 4.06. The fourth-order valence-electron chi connectivity index (χ4n) is 2.41. The van der Waals surface area contributed by atoms with Crippen molar-refractivity contribution >= 4 is 0 Å². The number of aromatic amines is 1. The molecule has 3 rings (SSSR count). The number of H-pyrrole nitrogens is 1. The van der Waals surface area contributed by atoms with Crippen LogP contribution in [-0.2, 0) is 6.54 Å². The van der Waals surface area contributed by atoms with E-state index < -0.39 is 0 Å². The van der Waals surface area contributed by atoms with E-state index >= 15 is 0 Å². The van der Waals surface area contributed by atoms with Crippen molar-refractivity contribution in [1.29, 1.82) is 0 Å². The molecule has 0 aromatic carbocycles. The van der Waals surface area contributed by atoms with E-state index in [0.29, 0.717) is 0 Å². The van der Waals surface area contributed by atoms with Crippen LogP contribution in [0.4, 0.5) is 0 Å². The van der Waals surface area contributed by atoms with E-state index in [2.05, 4.69) is 22.4 Å². The van der Waals surface area contributed by atoms with Crippen molar-refractivity contribution in [2.24, 2.45) is 11.8 Å². The van der Waals surface area contributed by atoms with Gasteiger partial charge in [0.05, 0.1) is 6.20 Å². The molecule has 0 spiro atoms. The Labute approximate surface area is 90.7 Å². The second-order valence-electron chi connectivity index (χ2n) is 5.10. The van der Waals surface area contributed by atoms with Gasteiger partial charge in [-0.2, -0.15) is 5.10 Å². The van der Waals surface area contributed by atoms with Crippen molar-refractivity contribution in [3.05, 3.63) is 17.5 Å². The number of hydrogen-bond donors (Lipinski definition) is 2. The van der Waals surface area contributed by atoms with Crippen LogP contribution in [0.1, 0.15) is 36.9 Å². The third-order valence-electron chi connectivity index (χ3n) is 3.72. The molecule has 2 saturated carbocycles. The van der Waals surface area contributed by atoms with Crippen LogP contribution in [0.5, 0.6) is 0 Å². The van der Waals surface area contributed by atoms with Crippen LogP contribution >= 0.6 is 0 Å². The molecule has 0 atom stereocenters. The summed E-state index contributed by atoms with van der Waals surface area (Å²) in [6.07, 6.45) is 7.72. The molecule has 82 valence electrons. The first-order valence-electron chi connectivity index (χ1n) is 6.07. The number of nitrogens with one attached hydrogen (secondary N) is 2. The highest BCUT2D eigenvalue weighted by Crippen LogP contribution is 2.44. The monoisotopic (exact) mass is 205 g/mol. The van der Waals surface area contributed by atoms with Crippen LogP contribution < -0.4 is 5.32 Å². The van der Waals surface area contributed by atoms with Crippen LogP contribution in [0.25, 0.3) is 0 Å². The zero-order valence-electron chi connectivity index (χ0n) is 9.29. The highest BCUT2D eigenvalue weighted by Gasteiger charge is 2.40. The van der Waals surface area contributed by atoms with Crippen LogP contribution in [0.2, 0.25) is 0 Å². The molecule has 1 aromatic heterocycles. The summed E-state index contributed by atoms with van der Waals surface area (Å²) in [5.74, 6) is 1.95. The Hall–Kier alpha value is -0.830. The minimum Gasteiger partial charge on any atom is -0.309 e. The van der Waals surface area contributed by atoms with Crippen LogP contribution in [0, 0.1) is 18.8 Å². The average molecular weight is 205 g/mol. The molecule has 0 amide bonds. The molecule has 0 unspecified atom stereocenters. The molecule has 2 aliphatic carbocycles. The Morgan fingerprint density at radius 1 is 1.40 bits per heavy atom. The molecule has 1 aromatic rings. The summed E-state index contributed by atoms with van der Waals surface area (Å²) in [7, 11) is 0. The number of nitrogens with zero attached hydrogens (tertiary/aromatic N) is 1. The van der Waals surface area contributed by atoms with Gasteiger partial charge in [0.1, 0.15) is 0 Å². The lowest BCUT2D eigenvalue weighted by molar-refractivity contribution is 0.415. The van der Waals surface area contributed by atoms with E-state index in [-0.39, 0.29) is 0 Å². The molecule has 3 nitrogen and oxygen atoms in total. The van der Waals surface area contributed by atoms with E-state index in [1.54, 1.807) is 0 Å². The lowest BCUT2D eigenvalue weighted by Gasteiger charge is -2.17. The van der Waals surface area contributed by atoms with E-state index in [0.717, 1.165) is 24.4 Å². The zero-order valence-corrected chi connectivity index (χ0v) is 9.29. The molecular weight excluding hydrogens is 186 g/mol. The Kier molecular flexibility index (Phi) is 2.28. The third kappa shape index (κ3) is 2.07. The quantitative estimate of drug-likeness (QED) is 0.772. The van der Waals surface area contributed by atoms with E-state index in [1.165, 1.54) is 36.9 Å². The fraction of sp³-hybridized carbons (Fsp3) is 0.750. The number of hydrogen-bond acceptors (Lipinski definition) is 2. The van der Waals surface area contributed by atoms with Crippen molar-refractivity contribution in [3.8, 4) is 0 Å². The van der Waals surface area contributed by atoms with Gasteiger partial charge in [-0.05, 0) is 44.4 Å². The lowest BCUT2D eigenvalue weighted by atomic mass is 10.1. The maximum atomic E-state index is 4.06. The normalized spacial score (nSPS) is 21.2. The highest BCUT2D eigenvalue weighted by molar-refractivity contribution is 5.14. The maximum Gasteiger partial charge on any atom is 0.0535 e. The Morgan fingerprint density at radius 3 is 2.53 bits per heavy atom. The van der Waals surface area contributed by atoms with Crippen LogP contribution in [0.3, 0.4) is 0 Å². The SMILES string of the molecule is Cc1[nH]ncc1CNC(C1CC1)C1CC1. The molecule has 15 heavy (non-hydrogen) atoms. The van der Waals surface area contributed by atoms with Gasteiger partial charge in [0, 0.05) is 23.8 Å². The molecule has 3 heteroatoms. The summed E-state index contributed by atoms with van der Waals surface area (Å²) < 4.78 is 0. The van der Waals surface area contributed by atoms with Gasteiger partial charge < -0.3 is 5.32 Å². The van der Waals surface area contributed by atoms with E-state index in [1.807, 2.05) is 6.20 Å². The Bertz CT molecular complexity index is 324. The second kappa shape index (κ2) is 3.63. The van der Waals surface area contributed by atoms with Gasteiger partial charge in [-0.1, -0.05) is 0 Å². The molecule has 2 N–H and O–H groups in total. The third-order valence-corrected chi connectivity index (χ3v) is 3.72. The van der Waals surface area contributed by atoms with E-state index in [4.69, 9.17) is 0 Å². The summed E-state index contributed by atoms with van der Waals surface area (Å²) in [5.41, 5.74) is 2.52. The summed E-state index contributed by atoms with van der Waals surface area (Å²) in [5, 5.41) is 10.8. The zero-order chi connectivity index (χ0) is 10.3. The lowest BCUT2D eigenvalue weighted by Crippen LogP contribution is -2.32. The first-order valence-corrected chi connectivity index (χ1v) is 6.07. The number of aryl methyl sites for hydroxylation is 1. The Balaban J connectivity index is 1.57. The molecule has 0 bridgehead atoms. The molecule has 2 fully saturated rings. The van der Waals surface area contributed by atoms with Crippen molar-refractivity contribution < 1.29 is 0 Å². The van der Waals surface area contributed by atoms with Gasteiger partial charge in [-0.3, -0.25) is 5.10 Å². The van der Waals surface area contributed by atoms with E-state index in [9.17, 15) is 0 Å². The van der Waals surface area contributed by atoms with Gasteiger partial charge >= 0.3 is 0 Å². The fourth-order valence-corrected chi connectivity index (χ4v) is 2.41. The van der Waals surface area contributed by atoms with Crippen molar-refractivity contribution in [2.45, 2.75) is 45.2 Å². The minimum absolute atomic E-state index is 0.791. The van der Waals surface area contributed by atoms with Crippen molar-refractivity contribution in [2.75, 3.05) is 0 Å². The van der Waals surface area contributed by atoms with Gasteiger partial charge in [-0.15, -0.1) is 0 Å². The largest absolute Gasteiger partial charge is 0.309 e. The highest BCUT2D eigenvalue weighted by atomic mass is 15.1. The van der Waals surface area contributed by atoms with Gasteiger partial charge in [-0.25, -0.2) is 0 Å². The van der Waals surface area contributed by atoms with Crippen LogP contribution in [0.15, 0.2) is 6.20 Å². The second-order valence-corrected chi connectivity index (χ2v) is 5.10. The van der Waals surface area contributed by atoms with Crippen LogP contribution in [-0.4, -0.2) is 16.2 Å². The molecule has 0 aliphatic heterocycles. The van der Waals surface area contributed by atoms with Crippen molar-refractivity contribution in [1.82, 2.24) is 15.5 Å². The summed E-state index contributed by atoms with van der Waals surface area (Å²) in [6, 6.07) is 0.791. The number of rotatable bonds is 5. The summed E-state index contributed by atoms with van der Waals surface area (Å²) >= 11 is 0. The Morgan fingerprint density at radius 2 is 2.07 bits per heavy atom. The molecule has 2 aliphatic rings. The first-order chi connectivity index (χ1) is 7.34. The molecule has 1 heterocycles. The first kappa shape index (κ1) is 9.40. The topological polar surface area (TPSA) is 40.7 Å². The predicted molar refractivity (Wildman–Crippen MR) is 59.4 cm³/mol. The molecule has 0 radical (unpaired) electrons. The summed E-state index contributed by atoms with van der Waals surface area (Å²) in [4.78, 5) is 0. The number of aromatic nitrogens is 2. The minimum atomic E-state index is 0.791. The smallest absolute Gasteiger partial charge is 0.0535 e. The standard InChI is InChI=1S/C12H19N3/c1-8-11(7-14-15-8)6-13-12(9-2-3-9)10-4-5-10/h7,9-10,12-13H,2-6H2,1H3,(H,14,15). The molecule has 0 saturated heterocycles. The van der Waals surface area contributed by atoms with Crippen molar-refractivity contribution in [3.63, 3.8) is 0 Å². The van der Waals surface area contributed by atoms with Gasteiger partial charge in [0.15, 0.2) is 0 Å². The predicted octanol–water partition coefficient (Wildman–Crippen LogP) is 2.00. The van der Waals surface area contributed by atoms with Gasteiger partial charge in [0.2, 0.25) is 0 Å². The summed E-state index contributed by atoms with van der Waals surface area (Å²) in [6.45, 7) is 3.08. The van der Waals surface area contributed by atoms with Gasteiger partial charge in [0.25, 0.3) is 0 Å². The molecular formula is C12H19N3. The average Bonchev–Trinajstić information content (AvgIpc) is 3.11.